The number of rotatable bonds is 3. The van der Waals surface area contributed by atoms with E-state index in [0.29, 0.717) is 11.4 Å². The fourth-order valence-corrected chi connectivity index (χ4v) is 3.08. The van der Waals surface area contributed by atoms with Crippen LogP contribution in [-0.4, -0.2) is 19.0 Å². The second-order valence-electron chi connectivity index (χ2n) is 5.88. The van der Waals surface area contributed by atoms with Crippen LogP contribution in [0.5, 0.6) is 0 Å². The van der Waals surface area contributed by atoms with E-state index >= 15 is 0 Å². The Balaban J connectivity index is 1.70. The number of halogens is 1. The van der Waals surface area contributed by atoms with E-state index in [4.69, 9.17) is 11.6 Å². The van der Waals surface area contributed by atoms with Crippen LogP contribution in [0.3, 0.4) is 0 Å². The van der Waals surface area contributed by atoms with Crippen molar-refractivity contribution >= 4 is 23.2 Å². The topological polar surface area (TPSA) is 44.4 Å². The summed E-state index contributed by atoms with van der Waals surface area (Å²) in [4.78, 5) is 14.4. The number of likely N-dealkylation sites (N-methyl/N-ethyl adjacent to an activating group) is 1. The van der Waals surface area contributed by atoms with E-state index in [9.17, 15) is 4.79 Å². The van der Waals surface area contributed by atoms with Gasteiger partial charge in [0.15, 0.2) is 0 Å². The molecule has 1 aliphatic heterocycles. The molecule has 2 atom stereocenters. The molecule has 1 amide bonds. The molecule has 1 fully saturated rings. The van der Waals surface area contributed by atoms with Crippen LogP contribution in [0.4, 0.5) is 5.69 Å². The minimum atomic E-state index is -0.275. The Bertz CT molecular complexity index is 702. The highest BCUT2D eigenvalue weighted by Crippen LogP contribution is 2.29. The highest BCUT2D eigenvalue weighted by molar-refractivity contribution is 6.31. The molecule has 1 saturated heterocycles. The van der Waals surface area contributed by atoms with Gasteiger partial charge in [-0.1, -0.05) is 47.5 Å². The van der Waals surface area contributed by atoms with Gasteiger partial charge in [-0.25, -0.2) is 10.9 Å². The molecule has 2 aromatic carbocycles. The molecule has 4 nitrogen and oxygen atoms in total. The van der Waals surface area contributed by atoms with Gasteiger partial charge in [-0.05, 0) is 37.1 Å². The minimum Gasteiger partial charge on any atom is -0.314 e. The van der Waals surface area contributed by atoms with Crippen LogP contribution in [-0.2, 0) is 4.79 Å². The van der Waals surface area contributed by atoms with Crippen molar-refractivity contribution in [1.29, 1.82) is 0 Å². The van der Waals surface area contributed by atoms with Gasteiger partial charge < -0.3 is 4.90 Å². The van der Waals surface area contributed by atoms with E-state index in [1.165, 1.54) is 5.56 Å². The summed E-state index contributed by atoms with van der Waals surface area (Å²) in [6.07, 6.45) is 0.665. The summed E-state index contributed by atoms with van der Waals surface area (Å²) in [5, 5.41) is 0.715. The lowest BCUT2D eigenvalue weighted by atomic mass is 10.0. The highest BCUT2D eigenvalue weighted by Gasteiger charge is 2.32. The van der Waals surface area contributed by atoms with Gasteiger partial charge in [0.2, 0.25) is 5.91 Å². The SMILES string of the molecule is Cc1ccc(N(C)C(=O)C2CC(c3ccccc3Cl)NN2)cc1. The zero-order valence-electron chi connectivity index (χ0n) is 13.2. The van der Waals surface area contributed by atoms with Crippen molar-refractivity contribution in [3.63, 3.8) is 0 Å². The van der Waals surface area contributed by atoms with E-state index in [0.717, 1.165) is 11.3 Å². The van der Waals surface area contributed by atoms with Crippen LogP contribution in [0.1, 0.15) is 23.6 Å². The van der Waals surface area contributed by atoms with Crippen LogP contribution in [0.15, 0.2) is 48.5 Å². The van der Waals surface area contributed by atoms with Gasteiger partial charge in [-0.3, -0.25) is 4.79 Å². The molecule has 2 aromatic rings. The number of hydrogen-bond donors (Lipinski definition) is 2. The molecule has 0 bridgehead atoms. The van der Waals surface area contributed by atoms with E-state index in [1.807, 2.05) is 55.5 Å². The van der Waals surface area contributed by atoms with Crippen molar-refractivity contribution in [2.45, 2.75) is 25.4 Å². The number of anilines is 1. The third kappa shape index (κ3) is 3.39. The Morgan fingerprint density at radius 3 is 2.52 bits per heavy atom. The molecule has 0 spiro atoms. The van der Waals surface area contributed by atoms with Crippen molar-refractivity contribution < 1.29 is 4.79 Å². The van der Waals surface area contributed by atoms with Crippen LogP contribution in [0.25, 0.3) is 0 Å². The molecule has 120 valence electrons. The maximum absolute atomic E-state index is 12.7. The number of aryl methyl sites for hydroxylation is 1. The maximum atomic E-state index is 12.7. The summed E-state index contributed by atoms with van der Waals surface area (Å²) in [5.41, 5.74) is 9.35. The van der Waals surface area contributed by atoms with Gasteiger partial charge in [-0.15, -0.1) is 0 Å². The number of carbonyl (C=O) groups is 1. The van der Waals surface area contributed by atoms with Gasteiger partial charge in [0.25, 0.3) is 0 Å². The van der Waals surface area contributed by atoms with Crippen LogP contribution in [0.2, 0.25) is 5.02 Å². The van der Waals surface area contributed by atoms with Crippen molar-refractivity contribution in [3.05, 3.63) is 64.7 Å². The molecule has 2 unspecified atom stereocenters. The van der Waals surface area contributed by atoms with E-state index in [2.05, 4.69) is 10.9 Å². The Morgan fingerprint density at radius 2 is 1.83 bits per heavy atom. The van der Waals surface area contributed by atoms with Gasteiger partial charge in [0.1, 0.15) is 6.04 Å². The smallest absolute Gasteiger partial charge is 0.245 e. The molecule has 0 saturated carbocycles. The first-order chi connectivity index (χ1) is 11.1. The molecule has 1 aliphatic rings. The number of benzene rings is 2. The first kappa shape index (κ1) is 16.0. The summed E-state index contributed by atoms with van der Waals surface area (Å²) in [6.45, 7) is 2.03. The van der Waals surface area contributed by atoms with E-state index in [-0.39, 0.29) is 18.0 Å². The normalized spacial score (nSPS) is 20.5. The average Bonchev–Trinajstić information content (AvgIpc) is 3.04. The van der Waals surface area contributed by atoms with Crippen LogP contribution in [0, 0.1) is 6.92 Å². The lowest BCUT2D eigenvalue weighted by Gasteiger charge is -2.21. The standard InChI is InChI=1S/C18H20ClN3O/c1-12-7-9-13(10-8-12)22(2)18(23)17-11-16(20-21-17)14-5-3-4-6-15(14)19/h3-10,16-17,20-21H,11H2,1-2H3. The van der Waals surface area contributed by atoms with Gasteiger partial charge in [-0.2, -0.15) is 0 Å². The third-order valence-corrected chi connectivity index (χ3v) is 4.58. The summed E-state index contributed by atoms with van der Waals surface area (Å²) >= 11 is 6.24. The summed E-state index contributed by atoms with van der Waals surface area (Å²) < 4.78 is 0. The number of carbonyl (C=O) groups excluding carboxylic acids is 1. The van der Waals surface area contributed by atoms with Crippen LogP contribution < -0.4 is 15.8 Å². The second kappa shape index (κ2) is 6.71. The first-order valence-corrected chi connectivity index (χ1v) is 8.04. The van der Waals surface area contributed by atoms with Crippen molar-refractivity contribution in [1.82, 2.24) is 10.9 Å². The second-order valence-corrected chi connectivity index (χ2v) is 6.29. The molecule has 5 heteroatoms. The molecular weight excluding hydrogens is 310 g/mol. The molecule has 0 radical (unpaired) electrons. The lowest BCUT2D eigenvalue weighted by Crippen LogP contribution is -2.44. The quantitative estimate of drug-likeness (QED) is 0.908. The van der Waals surface area contributed by atoms with Crippen molar-refractivity contribution in [2.24, 2.45) is 0 Å². The monoisotopic (exact) mass is 329 g/mol. The maximum Gasteiger partial charge on any atom is 0.245 e. The van der Waals surface area contributed by atoms with E-state index in [1.54, 1.807) is 11.9 Å². The first-order valence-electron chi connectivity index (χ1n) is 7.66. The Kier molecular flexibility index (Phi) is 4.66. The summed E-state index contributed by atoms with van der Waals surface area (Å²) in [7, 11) is 1.80. The Morgan fingerprint density at radius 1 is 1.13 bits per heavy atom. The number of hydrazine groups is 1. The molecule has 23 heavy (non-hydrogen) atoms. The lowest BCUT2D eigenvalue weighted by molar-refractivity contribution is -0.120. The average molecular weight is 330 g/mol. The zero-order valence-corrected chi connectivity index (χ0v) is 14.0. The molecule has 0 aliphatic carbocycles. The molecular formula is C18H20ClN3O. The van der Waals surface area contributed by atoms with Crippen molar-refractivity contribution in [2.75, 3.05) is 11.9 Å². The predicted octanol–water partition coefficient (Wildman–Crippen LogP) is 3.22. The number of nitrogens with one attached hydrogen (secondary N) is 2. The van der Waals surface area contributed by atoms with Gasteiger partial charge in [0.05, 0.1) is 0 Å². The Hall–Kier alpha value is -1.88. The predicted molar refractivity (Wildman–Crippen MR) is 93.5 cm³/mol. The number of nitrogens with zero attached hydrogens (tertiary/aromatic N) is 1. The molecule has 0 aromatic heterocycles. The number of hydrogen-bond acceptors (Lipinski definition) is 3. The Labute approximate surface area is 141 Å². The fraction of sp³-hybridized carbons (Fsp3) is 0.278. The highest BCUT2D eigenvalue weighted by atomic mass is 35.5. The number of amides is 1. The molecule has 1 heterocycles. The third-order valence-electron chi connectivity index (χ3n) is 4.23. The largest absolute Gasteiger partial charge is 0.314 e. The van der Waals surface area contributed by atoms with Crippen LogP contribution >= 0.6 is 11.6 Å². The van der Waals surface area contributed by atoms with Gasteiger partial charge >= 0.3 is 0 Å². The van der Waals surface area contributed by atoms with Crippen molar-refractivity contribution in [3.8, 4) is 0 Å². The zero-order chi connectivity index (χ0) is 16.4. The minimum absolute atomic E-state index is 0.0315. The molecule has 3 rings (SSSR count). The van der Waals surface area contributed by atoms with Gasteiger partial charge in [0, 0.05) is 23.8 Å². The van der Waals surface area contributed by atoms with E-state index < -0.39 is 0 Å². The summed E-state index contributed by atoms with van der Waals surface area (Å²) in [6, 6.07) is 15.4. The fourth-order valence-electron chi connectivity index (χ4n) is 2.81. The molecule has 2 N–H and O–H groups in total. The summed E-state index contributed by atoms with van der Waals surface area (Å²) in [5.74, 6) is 0.0379.